The Kier molecular flexibility index (Phi) is 5.15. The predicted molar refractivity (Wildman–Crippen MR) is 92.8 cm³/mol. The highest BCUT2D eigenvalue weighted by molar-refractivity contribution is 5.97. The summed E-state index contributed by atoms with van der Waals surface area (Å²) in [5.74, 6) is -0.646. The van der Waals surface area contributed by atoms with Crippen LogP contribution in [0.15, 0.2) is 36.4 Å². The molecule has 0 atom stereocenters. The second kappa shape index (κ2) is 7.51. The molecule has 2 aromatic carbocycles. The monoisotopic (exact) mass is 355 g/mol. The minimum Gasteiger partial charge on any atom is -0.388 e. The van der Waals surface area contributed by atoms with Crippen molar-refractivity contribution < 1.29 is 14.3 Å². The van der Waals surface area contributed by atoms with Crippen LogP contribution in [0.3, 0.4) is 0 Å². The summed E-state index contributed by atoms with van der Waals surface area (Å²) in [7, 11) is 0. The maximum absolute atomic E-state index is 14.4. The minimum atomic E-state index is -0.658. The van der Waals surface area contributed by atoms with Gasteiger partial charge >= 0.3 is 0 Å². The number of hydrogen-bond donors (Lipinski definition) is 2. The van der Waals surface area contributed by atoms with Crippen LogP contribution in [0.1, 0.15) is 27.0 Å². The van der Waals surface area contributed by atoms with Gasteiger partial charge in [-0.15, -0.1) is 10.2 Å². The van der Waals surface area contributed by atoms with Gasteiger partial charge in [0.2, 0.25) is 5.82 Å². The van der Waals surface area contributed by atoms with E-state index < -0.39 is 18.2 Å². The molecule has 0 saturated carbocycles. The molecule has 3 rings (SSSR count). The summed E-state index contributed by atoms with van der Waals surface area (Å²) in [5.41, 5.74) is 8.44. The summed E-state index contributed by atoms with van der Waals surface area (Å²) < 4.78 is 14.4. The SMILES string of the molecule is Cc1cc(C(=O)CO)cc(F)c1Cn1nnc(-c2ccc(CN)cc2)n1. The van der Waals surface area contributed by atoms with E-state index in [1.807, 2.05) is 24.3 Å². The van der Waals surface area contributed by atoms with Crippen LogP contribution in [0.2, 0.25) is 0 Å². The van der Waals surface area contributed by atoms with Crippen LogP contribution in [-0.4, -0.2) is 37.7 Å². The second-order valence-corrected chi connectivity index (χ2v) is 5.88. The molecule has 0 unspecified atom stereocenters. The quantitative estimate of drug-likeness (QED) is 0.649. The van der Waals surface area contributed by atoms with Gasteiger partial charge in [-0.05, 0) is 35.4 Å². The zero-order valence-corrected chi connectivity index (χ0v) is 14.2. The molecule has 3 N–H and O–H groups in total. The highest BCUT2D eigenvalue weighted by Crippen LogP contribution is 2.19. The van der Waals surface area contributed by atoms with Gasteiger partial charge in [0, 0.05) is 23.2 Å². The van der Waals surface area contributed by atoms with Crippen LogP contribution < -0.4 is 5.73 Å². The number of tetrazole rings is 1. The van der Waals surface area contributed by atoms with Crippen LogP contribution in [0.4, 0.5) is 4.39 Å². The van der Waals surface area contributed by atoms with Crippen LogP contribution in [-0.2, 0) is 13.1 Å². The molecule has 0 aliphatic carbocycles. The van der Waals surface area contributed by atoms with Gasteiger partial charge in [-0.1, -0.05) is 24.3 Å². The standard InChI is InChI=1S/C18H18FN5O2/c1-11-6-14(17(26)10-25)7-16(19)15(11)9-24-22-18(21-23-24)13-4-2-12(8-20)3-5-13/h2-7,25H,8-10,20H2,1H3. The maximum Gasteiger partial charge on any atom is 0.204 e. The average molecular weight is 355 g/mol. The fraction of sp³-hybridized carbons (Fsp3) is 0.222. The highest BCUT2D eigenvalue weighted by atomic mass is 19.1. The lowest BCUT2D eigenvalue weighted by atomic mass is 10.0. The first-order valence-electron chi connectivity index (χ1n) is 8.02. The van der Waals surface area contributed by atoms with Gasteiger partial charge < -0.3 is 10.8 Å². The lowest BCUT2D eigenvalue weighted by molar-refractivity contribution is 0.0903. The summed E-state index contributed by atoms with van der Waals surface area (Å²) >= 11 is 0. The Morgan fingerprint density at radius 2 is 2.00 bits per heavy atom. The third-order valence-electron chi connectivity index (χ3n) is 4.08. The van der Waals surface area contributed by atoms with Crippen molar-refractivity contribution in [1.82, 2.24) is 20.2 Å². The average Bonchev–Trinajstić information content (AvgIpc) is 3.12. The predicted octanol–water partition coefficient (Wildman–Crippen LogP) is 1.47. The van der Waals surface area contributed by atoms with Crippen molar-refractivity contribution in [2.75, 3.05) is 6.61 Å². The Morgan fingerprint density at radius 1 is 1.27 bits per heavy atom. The van der Waals surface area contributed by atoms with E-state index in [9.17, 15) is 9.18 Å². The fourth-order valence-electron chi connectivity index (χ4n) is 2.58. The molecule has 0 fully saturated rings. The molecular weight excluding hydrogens is 337 g/mol. The molecule has 134 valence electrons. The van der Waals surface area contributed by atoms with E-state index in [2.05, 4.69) is 15.4 Å². The van der Waals surface area contributed by atoms with Crippen molar-refractivity contribution in [1.29, 1.82) is 0 Å². The van der Waals surface area contributed by atoms with Gasteiger partial charge in [-0.3, -0.25) is 4.79 Å². The van der Waals surface area contributed by atoms with Gasteiger partial charge in [0.05, 0.1) is 6.54 Å². The molecule has 8 heteroatoms. The van der Waals surface area contributed by atoms with E-state index in [1.165, 1.54) is 4.80 Å². The topological polar surface area (TPSA) is 107 Å². The third-order valence-corrected chi connectivity index (χ3v) is 4.08. The van der Waals surface area contributed by atoms with Gasteiger partial charge in [0.15, 0.2) is 5.78 Å². The third kappa shape index (κ3) is 3.66. The zero-order chi connectivity index (χ0) is 18.7. The molecule has 1 aromatic heterocycles. The Bertz CT molecular complexity index is 914. The summed E-state index contributed by atoms with van der Waals surface area (Å²) in [5, 5.41) is 21.1. The van der Waals surface area contributed by atoms with Gasteiger partial charge in [-0.25, -0.2) is 4.39 Å². The number of halogens is 1. The lowest BCUT2D eigenvalue weighted by Crippen LogP contribution is -2.11. The van der Waals surface area contributed by atoms with Gasteiger partial charge in [0.25, 0.3) is 0 Å². The van der Waals surface area contributed by atoms with Crippen LogP contribution in [0.25, 0.3) is 11.4 Å². The van der Waals surface area contributed by atoms with Crippen LogP contribution in [0, 0.1) is 12.7 Å². The number of nitrogens with zero attached hydrogens (tertiary/aromatic N) is 4. The Morgan fingerprint density at radius 3 is 2.62 bits per heavy atom. The maximum atomic E-state index is 14.4. The van der Waals surface area contributed by atoms with E-state index in [-0.39, 0.29) is 12.1 Å². The van der Waals surface area contributed by atoms with E-state index in [0.29, 0.717) is 23.5 Å². The fourth-order valence-corrected chi connectivity index (χ4v) is 2.58. The number of benzene rings is 2. The Hall–Kier alpha value is -2.97. The van der Waals surface area contributed by atoms with E-state index in [1.54, 1.807) is 13.0 Å². The molecule has 0 aliphatic heterocycles. The number of ketones is 1. The molecule has 26 heavy (non-hydrogen) atoms. The minimum absolute atomic E-state index is 0.0825. The van der Waals surface area contributed by atoms with Gasteiger partial charge in [-0.2, -0.15) is 4.80 Å². The smallest absolute Gasteiger partial charge is 0.204 e. The highest BCUT2D eigenvalue weighted by Gasteiger charge is 2.14. The first-order valence-corrected chi connectivity index (χ1v) is 8.02. The Labute approximate surface area is 149 Å². The number of carbonyl (C=O) groups excluding carboxylic acids is 1. The molecule has 0 radical (unpaired) electrons. The van der Waals surface area contributed by atoms with Gasteiger partial charge in [0.1, 0.15) is 12.4 Å². The number of hydrogen-bond acceptors (Lipinski definition) is 6. The number of aliphatic hydroxyl groups is 1. The first-order chi connectivity index (χ1) is 12.5. The zero-order valence-electron chi connectivity index (χ0n) is 14.2. The molecule has 0 aliphatic rings. The molecule has 3 aromatic rings. The molecule has 0 amide bonds. The summed E-state index contributed by atoms with van der Waals surface area (Å²) in [6.07, 6.45) is 0. The van der Waals surface area contributed by atoms with Crippen molar-refractivity contribution in [3.63, 3.8) is 0 Å². The van der Waals surface area contributed by atoms with E-state index in [0.717, 1.165) is 17.2 Å². The molecular formula is C18H18FN5O2. The molecule has 0 spiro atoms. The summed E-state index contributed by atoms with van der Waals surface area (Å²) in [6, 6.07) is 10.1. The number of Topliss-reactive ketones (excluding diaryl/α,β-unsaturated/α-hetero) is 1. The number of aromatic nitrogens is 4. The molecule has 0 bridgehead atoms. The van der Waals surface area contributed by atoms with Crippen molar-refractivity contribution in [2.45, 2.75) is 20.0 Å². The Balaban J connectivity index is 1.83. The molecule has 0 saturated heterocycles. The second-order valence-electron chi connectivity index (χ2n) is 5.88. The molecule has 7 nitrogen and oxygen atoms in total. The van der Waals surface area contributed by atoms with Crippen molar-refractivity contribution in [2.24, 2.45) is 5.73 Å². The number of rotatable bonds is 6. The lowest BCUT2D eigenvalue weighted by Gasteiger charge is -2.08. The first kappa shape index (κ1) is 17.8. The normalized spacial score (nSPS) is 10.9. The number of nitrogens with two attached hydrogens (primary N) is 1. The number of aliphatic hydroxyl groups excluding tert-OH is 1. The van der Waals surface area contributed by atoms with E-state index >= 15 is 0 Å². The van der Waals surface area contributed by atoms with Crippen LogP contribution in [0.5, 0.6) is 0 Å². The summed E-state index contributed by atoms with van der Waals surface area (Å²) in [4.78, 5) is 12.8. The molecule has 1 heterocycles. The number of aryl methyl sites for hydroxylation is 1. The van der Waals surface area contributed by atoms with E-state index in [4.69, 9.17) is 10.8 Å². The number of carbonyl (C=O) groups is 1. The van der Waals surface area contributed by atoms with Crippen molar-refractivity contribution >= 4 is 5.78 Å². The van der Waals surface area contributed by atoms with Crippen molar-refractivity contribution in [3.8, 4) is 11.4 Å². The summed E-state index contributed by atoms with van der Waals surface area (Å²) in [6.45, 7) is 1.57. The van der Waals surface area contributed by atoms with Crippen LogP contribution >= 0.6 is 0 Å². The largest absolute Gasteiger partial charge is 0.388 e. The van der Waals surface area contributed by atoms with Crippen molar-refractivity contribution in [3.05, 3.63) is 64.5 Å².